The van der Waals surface area contributed by atoms with Gasteiger partial charge < -0.3 is 4.42 Å². The highest BCUT2D eigenvalue weighted by molar-refractivity contribution is 9.10. The molecule has 0 amide bonds. The van der Waals surface area contributed by atoms with Crippen molar-refractivity contribution in [2.75, 3.05) is 0 Å². The summed E-state index contributed by atoms with van der Waals surface area (Å²) in [5.74, 6) is 1.68. The molecule has 31 heavy (non-hydrogen) atoms. The van der Waals surface area contributed by atoms with Gasteiger partial charge in [0, 0.05) is 16.0 Å². The van der Waals surface area contributed by atoms with E-state index in [0.29, 0.717) is 39.4 Å². The van der Waals surface area contributed by atoms with Gasteiger partial charge in [0.15, 0.2) is 0 Å². The summed E-state index contributed by atoms with van der Waals surface area (Å²) in [6.45, 7) is 4.06. The van der Waals surface area contributed by atoms with Crippen LogP contribution in [0.25, 0.3) is 22.2 Å². The summed E-state index contributed by atoms with van der Waals surface area (Å²) >= 11 is 3.41. The van der Waals surface area contributed by atoms with Gasteiger partial charge in [0.1, 0.15) is 17.3 Å². The zero-order valence-electron chi connectivity index (χ0n) is 17.0. The molecule has 0 aliphatic carbocycles. The average molecular weight is 475 g/mol. The van der Waals surface area contributed by atoms with Crippen molar-refractivity contribution >= 4 is 33.0 Å². The molecular formula is C24H19BrN4O2. The van der Waals surface area contributed by atoms with E-state index in [1.54, 1.807) is 30.3 Å². The third-order valence-corrected chi connectivity index (χ3v) is 5.62. The minimum Gasteiger partial charge on any atom is -0.455 e. The third-order valence-electron chi connectivity index (χ3n) is 5.13. The second kappa shape index (κ2) is 8.70. The zero-order valence-corrected chi connectivity index (χ0v) is 18.6. The standard InChI is InChI=1S/C24H19BrN4O2/c1-3-15(2)23-28-21-10-8-17(25)12-20(21)24(30)29(23)27-14-18-9-11-22(31-18)19-7-5-4-6-16(19)13-26/h4-12,14-15H,3H2,1-2H3/t15-/m0/s1. The van der Waals surface area contributed by atoms with Crippen LogP contribution in [0.3, 0.4) is 0 Å². The maximum absolute atomic E-state index is 13.2. The van der Waals surface area contributed by atoms with Gasteiger partial charge in [-0.1, -0.05) is 41.9 Å². The second-order valence-electron chi connectivity index (χ2n) is 7.16. The topological polar surface area (TPSA) is 84.2 Å². The first-order chi connectivity index (χ1) is 15.0. The molecule has 0 saturated carbocycles. The third kappa shape index (κ3) is 4.07. The fraction of sp³-hybridized carbons (Fsp3) is 0.167. The number of hydrogen-bond donors (Lipinski definition) is 0. The number of halogens is 1. The van der Waals surface area contributed by atoms with Gasteiger partial charge in [-0.25, -0.2) is 4.98 Å². The van der Waals surface area contributed by atoms with E-state index in [1.165, 1.54) is 10.9 Å². The number of benzene rings is 2. The Balaban J connectivity index is 1.78. The Bertz CT molecular complexity index is 1390. The van der Waals surface area contributed by atoms with Crippen molar-refractivity contribution in [1.82, 2.24) is 9.66 Å². The molecule has 0 bridgehead atoms. The lowest BCUT2D eigenvalue weighted by molar-refractivity contribution is 0.571. The molecule has 154 valence electrons. The molecule has 4 aromatic rings. The summed E-state index contributed by atoms with van der Waals surface area (Å²) in [5, 5.41) is 14.2. The average Bonchev–Trinajstić information content (AvgIpc) is 3.27. The van der Waals surface area contributed by atoms with Gasteiger partial charge in [0.05, 0.1) is 28.8 Å². The molecule has 0 spiro atoms. The van der Waals surface area contributed by atoms with Crippen molar-refractivity contribution in [2.45, 2.75) is 26.2 Å². The highest BCUT2D eigenvalue weighted by Crippen LogP contribution is 2.25. The fourth-order valence-electron chi connectivity index (χ4n) is 3.26. The van der Waals surface area contributed by atoms with Crippen LogP contribution in [-0.4, -0.2) is 15.9 Å². The van der Waals surface area contributed by atoms with Gasteiger partial charge in [-0.2, -0.15) is 15.0 Å². The number of aromatic nitrogens is 2. The zero-order chi connectivity index (χ0) is 22.0. The van der Waals surface area contributed by atoms with Crippen LogP contribution >= 0.6 is 15.9 Å². The molecule has 6 nitrogen and oxygen atoms in total. The van der Waals surface area contributed by atoms with Crippen LogP contribution in [0.1, 0.15) is 43.3 Å². The molecule has 4 rings (SSSR count). The van der Waals surface area contributed by atoms with Gasteiger partial charge in [0.25, 0.3) is 5.56 Å². The van der Waals surface area contributed by atoms with Crippen LogP contribution in [-0.2, 0) is 0 Å². The van der Waals surface area contributed by atoms with Gasteiger partial charge in [-0.05, 0) is 48.9 Å². The lowest BCUT2D eigenvalue weighted by Crippen LogP contribution is -2.23. The lowest BCUT2D eigenvalue weighted by Gasteiger charge is -2.13. The summed E-state index contributed by atoms with van der Waals surface area (Å²) in [6.07, 6.45) is 2.32. The molecule has 0 unspecified atom stereocenters. The predicted octanol–water partition coefficient (Wildman–Crippen LogP) is 5.69. The normalized spacial score (nSPS) is 12.3. The van der Waals surface area contributed by atoms with Gasteiger partial charge in [-0.3, -0.25) is 4.79 Å². The summed E-state index contributed by atoms with van der Waals surface area (Å²) in [5.41, 5.74) is 1.64. The smallest absolute Gasteiger partial charge is 0.282 e. The quantitative estimate of drug-likeness (QED) is 0.348. The van der Waals surface area contributed by atoms with Crippen LogP contribution in [0.4, 0.5) is 0 Å². The molecule has 7 heteroatoms. The Kier molecular flexibility index (Phi) is 5.83. The van der Waals surface area contributed by atoms with Crippen molar-refractivity contribution in [2.24, 2.45) is 5.10 Å². The van der Waals surface area contributed by atoms with Crippen LogP contribution < -0.4 is 5.56 Å². The van der Waals surface area contributed by atoms with Crippen molar-refractivity contribution in [1.29, 1.82) is 5.26 Å². The first-order valence-electron chi connectivity index (χ1n) is 9.87. The summed E-state index contributed by atoms with van der Waals surface area (Å²) in [4.78, 5) is 17.9. The number of fused-ring (bicyclic) bond motifs is 1. The van der Waals surface area contributed by atoms with Crippen LogP contribution in [0.2, 0.25) is 0 Å². The van der Waals surface area contributed by atoms with E-state index in [2.05, 4.69) is 27.1 Å². The molecule has 2 aromatic heterocycles. The molecule has 2 aromatic carbocycles. The largest absolute Gasteiger partial charge is 0.455 e. The van der Waals surface area contributed by atoms with E-state index < -0.39 is 0 Å². The van der Waals surface area contributed by atoms with E-state index in [4.69, 9.17) is 9.40 Å². The molecule has 0 saturated heterocycles. The minimum atomic E-state index is -0.237. The molecule has 2 heterocycles. The summed E-state index contributed by atoms with van der Waals surface area (Å²) in [6, 6.07) is 18.4. The molecule has 1 atom stereocenters. The molecular weight excluding hydrogens is 456 g/mol. The van der Waals surface area contributed by atoms with Gasteiger partial charge in [0.2, 0.25) is 0 Å². The Hall–Kier alpha value is -3.50. The van der Waals surface area contributed by atoms with E-state index >= 15 is 0 Å². The lowest BCUT2D eigenvalue weighted by atomic mass is 10.1. The minimum absolute atomic E-state index is 0.0487. The maximum Gasteiger partial charge on any atom is 0.282 e. The van der Waals surface area contributed by atoms with E-state index in [-0.39, 0.29) is 11.5 Å². The number of furan rings is 1. The van der Waals surface area contributed by atoms with E-state index in [0.717, 1.165) is 10.9 Å². The van der Waals surface area contributed by atoms with E-state index in [9.17, 15) is 10.1 Å². The number of hydrogen-bond acceptors (Lipinski definition) is 5. The van der Waals surface area contributed by atoms with Crippen molar-refractivity contribution < 1.29 is 4.42 Å². The van der Waals surface area contributed by atoms with Crippen molar-refractivity contribution in [3.63, 3.8) is 0 Å². The maximum atomic E-state index is 13.2. The van der Waals surface area contributed by atoms with Crippen LogP contribution in [0, 0.1) is 11.3 Å². The second-order valence-corrected chi connectivity index (χ2v) is 8.08. The predicted molar refractivity (Wildman–Crippen MR) is 124 cm³/mol. The molecule has 0 fully saturated rings. The van der Waals surface area contributed by atoms with Gasteiger partial charge in [-0.15, -0.1) is 0 Å². The molecule has 0 radical (unpaired) electrons. The summed E-state index contributed by atoms with van der Waals surface area (Å²) < 4.78 is 8.01. The Labute approximate surface area is 187 Å². The number of nitriles is 1. The highest BCUT2D eigenvalue weighted by Gasteiger charge is 2.16. The Morgan fingerprint density at radius 2 is 2.06 bits per heavy atom. The number of nitrogens with zero attached hydrogens (tertiary/aromatic N) is 4. The Morgan fingerprint density at radius 1 is 1.26 bits per heavy atom. The van der Waals surface area contributed by atoms with E-state index in [1.807, 2.05) is 38.1 Å². The van der Waals surface area contributed by atoms with Crippen molar-refractivity contribution in [3.8, 4) is 17.4 Å². The van der Waals surface area contributed by atoms with Crippen LogP contribution in [0.5, 0.6) is 0 Å². The molecule has 0 N–H and O–H groups in total. The summed E-state index contributed by atoms with van der Waals surface area (Å²) in [7, 11) is 0. The SMILES string of the molecule is CC[C@H](C)c1nc2ccc(Br)cc2c(=O)n1N=Cc1ccc(-c2ccccc2C#N)o1. The highest BCUT2D eigenvalue weighted by atomic mass is 79.9. The molecule has 0 aliphatic rings. The monoisotopic (exact) mass is 474 g/mol. The van der Waals surface area contributed by atoms with Crippen LogP contribution in [0.15, 0.2) is 73.4 Å². The van der Waals surface area contributed by atoms with Crippen molar-refractivity contribution in [3.05, 3.63) is 86.6 Å². The first-order valence-corrected chi connectivity index (χ1v) is 10.7. The first kappa shape index (κ1) is 20.8. The number of rotatable bonds is 5. The Morgan fingerprint density at radius 3 is 2.84 bits per heavy atom. The fourth-order valence-corrected chi connectivity index (χ4v) is 3.62. The molecule has 0 aliphatic heterocycles. The van der Waals surface area contributed by atoms with Gasteiger partial charge >= 0.3 is 0 Å².